The number of esters is 1. The van der Waals surface area contributed by atoms with Crippen LogP contribution in [-0.2, 0) is 22.3 Å². The van der Waals surface area contributed by atoms with E-state index in [-0.39, 0.29) is 23.3 Å². The van der Waals surface area contributed by atoms with Crippen LogP contribution in [0.2, 0.25) is 0 Å². The lowest BCUT2D eigenvalue weighted by molar-refractivity contribution is -0.139. The van der Waals surface area contributed by atoms with Crippen molar-refractivity contribution in [1.82, 2.24) is 14.8 Å². The monoisotopic (exact) mass is 467 g/mol. The van der Waals surface area contributed by atoms with Crippen molar-refractivity contribution < 1.29 is 32.2 Å². The fourth-order valence-corrected chi connectivity index (χ4v) is 3.66. The third-order valence-corrected chi connectivity index (χ3v) is 5.40. The van der Waals surface area contributed by atoms with Crippen molar-refractivity contribution in [2.45, 2.75) is 30.1 Å². The highest BCUT2D eigenvalue weighted by atomic mass is 32.2. The zero-order chi connectivity index (χ0) is 23.3. The normalized spacial score (nSPS) is 12.3. The number of thioether (sulfide) groups is 1. The van der Waals surface area contributed by atoms with Crippen LogP contribution >= 0.6 is 11.8 Å². The Morgan fingerprint density at radius 1 is 1.09 bits per heavy atom. The van der Waals surface area contributed by atoms with E-state index < -0.39 is 23.0 Å². The molecule has 0 fully saturated rings. The Morgan fingerprint density at radius 3 is 2.41 bits per heavy atom. The van der Waals surface area contributed by atoms with E-state index in [0.717, 1.165) is 23.9 Å². The minimum atomic E-state index is -4.52. The second kappa shape index (κ2) is 9.94. The maximum atomic E-state index is 13.3. The molecule has 2 aromatic carbocycles. The van der Waals surface area contributed by atoms with Crippen molar-refractivity contribution in [2.24, 2.45) is 0 Å². The molecule has 7 nitrogen and oxygen atoms in total. The molecule has 3 aromatic rings. The first-order chi connectivity index (χ1) is 15.2. The molecule has 32 heavy (non-hydrogen) atoms. The van der Waals surface area contributed by atoms with Gasteiger partial charge in [0.2, 0.25) is 0 Å². The molecule has 0 saturated heterocycles. The summed E-state index contributed by atoms with van der Waals surface area (Å²) >= 11 is 1.02. The standard InChI is InChI=1S/C21H20F3N3O4S/c1-13(19(28)30-3)32-20-26-25-18(12-31-17-9-7-16(29-2)8-10-17)27(20)15-6-4-5-14(11-15)21(22,23)24/h4-11,13H,12H2,1-3H3. The topological polar surface area (TPSA) is 75.5 Å². The first kappa shape index (κ1) is 23.5. The van der Waals surface area contributed by atoms with Crippen LogP contribution < -0.4 is 9.47 Å². The lowest BCUT2D eigenvalue weighted by Gasteiger charge is -2.15. The van der Waals surface area contributed by atoms with E-state index in [1.807, 2.05) is 0 Å². The molecule has 0 radical (unpaired) electrons. The zero-order valence-corrected chi connectivity index (χ0v) is 18.2. The quantitative estimate of drug-likeness (QED) is 0.356. The Morgan fingerprint density at radius 2 is 1.78 bits per heavy atom. The molecule has 3 rings (SSSR count). The summed E-state index contributed by atoms with van der Waals surface area (Å²) in [5, 5.41) is 7.73. The van der Waals surface area contributed by atoms with Crippen LogP contribution in [-0.4, -0.2) is 40.2 Å². The van der Waals surface area contributed by atoms with Gasteiger partial charge in [-0.05, 0) is 49.4 Å². The Kier molecular flexibility index (Phi) is 7.29. The average Bonchev–Trinajstić information content (AvgIpc) is 3.19. The lowest BCUT2D eigenvalue weighted by atomic mass is 10.2. The SMILES string of the molecule is COC(=O)C(C)Sc1nnc(COc2ccc(OC)cc2)n1-c1cccc(C(F)(F)F)c1. The van der Waals surface area contributed by atoms with Gasteiger partial charge in [0.15, 0.2) is 11.0 Å². The summed E-state index contributed by atoms with van der Waals surface area (Å²) in [6.45, 7) is 1.54. The van der Waals surface area contributed by atoms with E-state index in [0.29, 0.717) is 11.5 Å². The molecule has 1 aromatic heterocycles. The molecule has 0 N–H and O–H groups in total. The summed E-state index contributed by atoms with van der Waals surface area (Å²) in [4.78, 5) is 11.8. The Hall–Kier alpha value is -3.21. The van der Waals surface area contributed by atoms with E-state index >= 15 is 0 Å². The number of ether oxygens (including phenoxy) is 3. The number of benzene rings is 2. The van der Waals surface area contributed by atoms with Gasteiger partial charge in [-0.2, -0.15) is 13.2 Å². The van der Waals surface area contributed by atoms with Crippen LogP contribution in [0.25, 0.3) is 5.69 Å². The molecule has 0 aliphatic rings. The lowest BCUT2D eigenvalue weighted by Crippen LogP contribution is -2.16. The molecule has 0 spiro atoms. The molecule has 170 valence electrons. The fraction of sp³-hybridized carbons (Fsp3) is 0.286. The van der Waals surface area contributed by atoms with Crippen molar-refractivity contribution in [3.8, 4) is 17.2 Å². The number of rotatable bonds is 8. The molecule has 0 aliphatic carbocycles. The number of methoxy groups -OCH3 is 2. The molecule has 1 unspecified atom stereocenters. The summed E-state index contributed by atoms with van der Waals surface area (Å²) in [5.41, 5.74) is -0.625. The number of aromatic nitrogens is 3. The van der Waals surface area contributed by atoms with Gasteiger partial charge >= 0.3 is 12.1 Å². The molecular weight excluding hydrogens is 447 g/mol. The van der Waals surface area contributed by atoms with Gasteiger partial charge in [0.1, 0.15) is 23.4 Å². The number of hydrogen-bond acceptors (Lipinski definition) is 7. The second-order valence-corrected chi connectivity index (χ2v) is 7.84. The van der Waals surface area contributed by atoms with Gasteiger partial charge in [0, 0.05) is 0 Å². The van der Waals surface area contributed by atoms with E-state index in [4.69, 9.17) is 14.2 Å². The van der Waals surface area contributed by atoms with Crippen molar-refractivity contribution in [2.75, 3.05) is 14.2 Å². The van der Waals surface area contributed by atoms with Crippen molar-refractivity contribution in [1.29, 1.82) is 0 Å². The van der Waals surface area contributed by atoms with Crippen LogP contribution in [0.3, 0.4) is 0 Å². The summed E-state index contributed by atoms with van der Waals surface area (Å²) in [6.07, 6.45) is -4.52. The average molecular weight is 467 g/mol. The molecule has 1 atom stereocenters. The molecule has 0 bridgehead atoms. The van der Waals surface area contributed by atoms with Crippen molar-refractivity contribution in [3.63, 3.8) is 0 Å². The van der Waals surface area contributed by atoms with Gasteiger partial charge in [-0.15, -0.1) is 10.2 Å². The number of carbonyl (C=O) groups is 1. The van der Waals surface area contributed by atoms with Crippen molar-refractivity contribution in [3.05, 3.63) is 59.9 Å². The predicted molar refractivity (Wildman–Crippen MR) is 111 cm³/mol. The van der Waals surface area contributed by atoms with Crippen LogP contribution in [0.1, 0.15) is 18.3 Å². The second-order valence-electron chi connectivity index (χ2n) is 6.53. The number of nitrogens with zero attached hydrogens (tertiary/aromatic N) is 3. The fourth-order valence-electron chi connectivity index (χ4n) is 2.74. The minimum absolute atomic E-state index is 0.0667. The van der Waals surface area contributed by atoms with Crippen LogP contribution in [0.5, 0.6) is 11.5 Å². The highest BCUT2D eigenvalue weighted by Crippen LogP contribution is 2.32. The maximum Gasteiger partial charge on any atom is 0.416 e. The zero-order valence-electron chi connectivity index (χ0n) is 17.4. The summed E-state index contributed by atoms with van der Waals surface area (Å²) in [6, 6.07) is 11.6. The van der Waals surface area contributed by atoms with E-state index in [1.165, 1.54) is 23.8 Å². The van der Waals surface area contributed by atoms with E-state index in [2.05, 4.69) is 10.2 Å². The summed E-state index contributed by atoms with van der Waals surface area (Å²) in [5.74, 6) is 0.936. The number of hydrogen-bond donors (Lipinski definition) is 0. The van der Waals surface area contributed by atoms with Crippen LogP contribution in [0.4, 0.5) is 13.2 Å². The van der Waals surface area contributed by atoms with Gasteiger partial charge in [-0.3, -0.25) is 9.36 Å². The summed E-state index contributed by atoms with van der Waals surface area (Å²) < 4.78 is 56.8. The summed E-state index contributed by atoms with van der Waals surface area (Å²) in [7, 11) is 2.80. The highest BCUT2D eigenvalue weighted by molar-refractivity contribution is 8.00. The van der Waals surface area contributed by atoms with Gasteiger partial charge in [0.25, 0.3) is 0 Å². The van der Waals surface area contributed by atoms with E-state index in [1.54, 1.807) is 38.3 Å². The van der Waals surface area contributed by atoms with Gasteiger partial charge in [-0.25, -0.2) is 0 Å². The van der Waals surface area contributed by atoms with Gasteiger partial charge in [-0.1, -0.05) is 17.8 Å². The first-order valence-electron chi connectivity index (χ1n) is 9.36. The third kappa shape index (κ3) is 5.52. The van der Waals surface area contributed by atoms with Crippen molar-refractivity contribution >= 4 is 17.7 Å². The number of carbonyl (C=O) groups excluding carboxylic acids is 1. The molecular formula is C21H20F3N3O4S. The molecule has 1 heterocycles. The molecule has 0 saturated carbocycles. The Bertz CT molecular complexity index is 1070. The molecule has 0 amide bonds. The Balaban J connectivity index is 1.95. The minimum Gasteiger partial charge on any atom is -0.497 e. The van der Waals surface area contributed by atoms with E-state index in [9.17, 15) is 18.0 Å². The maximum absolute atomic E-state index is 13.3. The van der Waals surface area contributed by atoms with Gasteiger partial charge < -0.3 is 14.2 Å². The highest BCUT2D eigenvalue weighted by Gasteiger charge is 2.31. The van der Waals surface area contributed by atoms with Crippen LogP contribution in [0, 0.1) is 0 Å². The molecule has 11 heteroatoms. The number of halogens is 3. The molecule has 0 aliphatic heterocycles. The predicted octanol–water partition coefficient (Wildman–Crippen LogP) is 4.53. The third-order valence-electron chi connectivity index (χ3n) is 4.37. The number of alkyl halides is 3. The largest absolute Gasteiger partial charge is 0.497 e. The first-order valence-corrected chi connectivity index (χ1v) is 10.2. The smallest absolute Gasteiger partial charge is 0.416 e. The van der Waals surface area contributed by atoms with Gasteiger partial charge in [0.05, 0.1) is 25.5 Å². The Labute approximate surface area is 186 Å². The van der Waals surface area contributed by atoms with Crippen LogP contribution in [0.15, 0.2) is 53.7 Å².